The highest BCUT2D eigenvalue weighted by Gasteiger charge is 2.27. The molecule has 0 aliphatic carbocycles. The summed E-state index contributed by atoms with van der Waals surface area (Å²) in [5.74, 6) is -0.362. The second-order valence-electron chi connectivity index (χ2n) is 14.8. The standard InChI is InChI=1S/C35H60N4O5S2/c1-9-11-13-15-17-19-21-45(41,42)25-30-37-31(26-46(43,44)22-20-18-16-14-12-10-2)39-33(38-30)36-27-23-28(34(3,4)5)32(40)29(24-27)35(6,7)8/h23-24,40H,9-22,25-26H2,1-8H3,(H,36,37,38,39). The first-order chi connectivity index (χ1) is 21.4. The molecule has 2 N–H and O–H groups in total. The predicted octanol–water partition coefficient (Wildman–Crippen LogP) is 8.47. The van der Waals surface area contributed by atoms with E-state index in [9.17, 15) is 21.9 Å². The largest absolute Gasteiger partial charge is 0.507 e. The smallest absolute Gasteiger partial charge is 0.230 e. The maximum atomic E-state index is 13.1. The van der Waals surface area contributed by atoms with Crippen LogP contribution < -0.4 is 5.32 Å². The van der Waals surface area contributed by atoms with Gasteiger partial charge in [-0.05, 0) is 35.8 Å². The van der Waals surface area contributed by atoms with Crippen LogP contribution in [0.2, 0.25) is 0 Å². The van der Waals surface area contributed by atoms with E-state index in [4.69, 9.17) is 0 Å². The van der Waals surface area contributed by atoms with E-state index in [0.717, 1.165) is 75.3 Å². The van der Waals surface area contributed by atoms with Gasteiger partial charge in [-0.2, -0.15) is 9.97 Å². The number of hydrogen-bond acceptors (Lipinski definition) is 9. The van der Waals surface area contributed by atoms with Gasteiger partial charge in [-0.3, -0.25) is 0 Å². The maximum Gasteiger partial charge on any atom is 0.230 e. The van der Waals surface area contributed by atoms with Crippen LogP contribution in [0.1, 0.15) is 155 Å². The van der Waals surface area contributed by atoms with E-state index in [1.807, 2.05) is 53.7 Å². The third kappa shape index (κ3) is 14.2. The van der Waals surface area contributed by atoms with Gasteiger partial charge in [0.05, 0.1) is 11.5 Å². The van der Waals surface area contributed by atoms with Crippen LogP contribution >= 0.6 is 0 Å². The number of nitrogens with zero attached hydrogens (tertiary/aromatic N) is 3. The van der Waals surface area contributed by atoms with Crippen molar-refractivity contribution >= 4 is 31.3 Å². The molecule has 0 unspecified atom stereocenters. The number of rotatable bonds is 20. The SMILES string of the molecule is CCCCCCCCS(=O)(=O)Cc1nc(CS(=O)(=O)CCCCCCCC)nc(Nc2cc(C(C)(C)C)c(O)c(C(C)(C)C)c2)n1. The average molecular weight is 681 g/mol. The van der Waals surface area contributed by atoms with Crippen LogP contribution in [0.3, 0.4) is 0 Å². The number of nitrogens with one attached hydrogen (secondary N) is 1. The number of aromatic nitrogens is 3. The fraction of sp³-hybridized carbons (Fsp3) is 0.743. The summed E-state index contributed by atoms with van der Waals surface area (Å²) in [6.45, 7) is 16.4. The minimum absolute atomic E-state index is 0.0270. The molecule has 11 heteroatoms. The Bertz CT molecular complexity index is 1360. The highest BCUT2D eigenvalue weighted by molar-refractivity contribution is 7.90. The van der Waals surface area contributed by atoms with Crippen LogP contribution in [-0.2, 0) is 42.0 Å². The second kappa shape index (κ2) is 17.8. The summed E-state index contributed by atoms with van der Waals surface area (Å²) in [6, 6.07) is 3.66. The number of phenolic OH excluding ortho intramolecular Hbond substituents is 1. The van der Waals surface area contributed by atoms with Gasteiger partial charge in [-0.25, -0.2) is 21.8 Å². The van der Waals surface area contributed by atoms with Gasteiger partial charge in [0.15, 0.2) is 19.7 Å². The minimum Gasteiger partial charge on any atom is -0.507 e. The third-order valence-corrected chi connectivity index (χ3v) is 11.2. The first-order valence-electron chi connectivity index (χ1n) is 17.2. The van der Waals surface area contributed by atoms with Crippen LogP contribution in [0, 0.1) is 0 Å². The Labute approximate surface area is 279 Å². The monoisotopic (exact) mass is 680 g/mol. The van der Waals surface area contributed by atoms with Gasteiger partial charge in [0, 0.05) is 16.8 Å². The number of sulfone groups is 2. The van der Waals surface area contributed by atoms with Gasteiger partial charge in [0.25, 0.3) is 0 Å². The van der Waals surface area contributed by atoms with Crippen molar-refractivity contribution in [3.8, 4) is 5.75 Å². The van der Waals surface area contributed by atoms with E-state index in [0.29, 0.717) is 18.5 Å². The number of hydrogen-bond donors (Lipinski definition) is 2. The summed E-state index contributed by atoms with van der Waals surface area (Å²) < 4.78 is 52.3. The Morgan fingerprint density at radius 1 is 0.609 bits per heavy atom. The molecule has 0 amide bonds. The summed E-state index contributed by atoms with van der Waals surface area (Å²) in [5, 5.41) is 14.3. The molecule has 0 aliphatic rings. The molecule has 1 aromatic carbocycles. The van der Waals surface area contributed by atoms with Crippen molar-refractivity contribution in [3.63, 3.8) is 0 Å². The van der Waals surface area contributed by atoms with Crippen LogP contribution in [0.5, 0.6) is 5.75 Å². The third-order valence-electron chi connectivity index (χ3n) is 8.03. The van der Waals surface area contributed by atoms with Crippen molar-refractivity contribution in [2.24, 2.45) is 0 Å². The predicted molar refractivity (Wildman–Crippen MR) is 190 cm³/mol. The molecule has 2 aromatic rings. The van der Waals surface area contributed by atoms with Gasteiger partial charge < -0.3 is 10.4 Å². The molecule has 2 rings (SSSR count). The average Bonchev–Trinajstić information content (AvgIpc) is 2.91. The Morgan fingerprint density at radius 2 is 0.978 bits per heavy atom. The van der Waals surface area contributed by atoms with Crippen LogP contribution in [-0.4, -0.2) is 48.4 Å². The lowest BCUT2D eigenvalue weighted by atomic mass is 9.79. The van der Waals surface area contributed by atoms with Crippen molar-refractivity contribution in [1.29, 1.82) is 0 Å². The molecule has 0 atom stereocenters. The number of unbranched alkanes of at least 4 members (excludes halogenated alkanes) is 10. The first kappa shape index (κ1) is 39.9. The van der Waals surface area contributed by atoms with Crippen molar-refractivity contribution in [1.82, 2.24) is 15.0 Å². The number of benzene rings is 1. The molecule has 0 spiro atoms. The van der Waals surface area contributed by atoms with Crippen molar-refractivity contribution < 1.29 is 21.9 Å². The van der Waals surface area contributed by atoms with Gasteiger partial charge in [-0.1, -0.05) is 120 Å². The van der Waals surface area contributed by atoms with Crippen molar-refractivity contribution in [2.45, 2.75) is 155 Å². The van der Waals surface area contributed by atoms with E-state index < -0.39 is 19.7 Å². The highest BCUT2D eigenvalue weighted by atomic mass is 32.2. The molecule has 0 aliphatic heterocycles. The Kier molecular flexibility index (Phi) is 15.4. The fourth-order valence-corrected chi connectivity index (χ4v) is 8.00. The zero-order chi connectivity index (χ0) is 34.6. The minimum atomic E-state index is -3.52. The van der Waals surface area contributed by atoms with Crippen LogP contribution in [0.4, 0.5) is 11.6 Å². The molecule has 0 radical (unpaired) electrons. The molecular weight excluding hydrogens is 621 g/mol. The number of anilines is 2. The normalized spacial score (nSPS) is 12.9. The summed E-state index contributed by atoms with van der Waals surface area (Å²) >= 11 is 0. The number of phenols is 1. The molecule has 0 saturated heterocycles. The lowest BCUT2D eigenvalue weighted by Gasteiger charge is -2.28. The van der Waals surface area contributed by atoms with E-state index in [1.54, 1.807) is 0 Å². The van der Waals surface area contributed by atoms with Crippen LogP contribution in [0.25, 0.3) is 0 Å². The summed E-state index contributed by atoms with van der Waals surface area (Å²) in [7, 11) is -7.05. The van der Waals surface area contributed by atoms with E-state index >= 15 is 0 Å². The Morgan fingerprint density at radius 3 is 1.35 bits per heavy atom. The molecule has 46 heavy (non-hydrogen) atoms. The van der Waals surface area contributed by atoms with Gasteiger partial charge in [-0.15, -0.1) is 0 Å². The molecule has 1 heterocycles. The summed E-state index contributed by atoms with van der Waals surface area (Å²) in [6.07, 6.45) is 11.6. The topological polar surface area (TPSA) is 139 Å². The first-order valence-corrected chi connectivity index (χ1v) is 20.8. The highest BCUT2D eigenvalue weighted by Crippen LogP contribution is 2.41. The molecule has 9 nitrogen and oxygen atoms in total. The molecular formula is C35H60N4O5S2. The van der Waals surface area contributed by atoms with Crippen molar-refractivity contribution in [2.75, 3.05) is 16.8 Å². The van der Waals surface area contributed by atoms with Crippen LogP contribution in [0.15, 0.2) is 12.1 Å². The van der Waals surface area contributed by atoms with Crippen molar-refractivity contribution in [3.05, 3.63) is 34.9 Å². The fourth-order valence-electron chi connectivity index (χ4n) is 5.37. The Hall–Kier alpha value is -2.27. The van der Waals surface area contributed by atoms with Gasteiger partial charge in [0.1, 0.15) is 28.9 Å². The van der Waals surface area contributed by atoms with E-state index in [2.05, 4.69) is 34.1 Å². The summed E-state index contributed by atoms with van der Waals surface area (Å²) in [5.41, 5.74) is 1.35. The lowest BCUT2D eigenvalue weighted by Crippen LogP contribution is -2.19. The second-order valence-corrected chi connectivity index (χ2v) is 19.1. The molecule has 1 aromatic heterocycles. The zero-order valence-electron chi connectivity index (χ0n) is 29.7. The van der Waals surface area contributed by atoms with E-state index in [1.165, 1.54) is 0 Å². The molecule has 0 saturated carbocycles. The quantitative estimate of drug-likeness (QED) is 0.104. The van der Waals surface area contributed by atoms with E-state index in [-0.39, 0.29) is 57.2 Å². The molecule has 0 bridgehead atoms. The summed E-state index contributed by atoms with van der Waals surface area (Å²) in [4.78, 5) is 13.3. The molecule has 262 valence electrons. The number of aromatic hydroxyl groups is 1. The van der Waals surface area contributed by atoms with Gasteiger partial charge in [0.2, 0.25) is 5.95 Å². The zero-order valence-corrected chi connectivity index (χ0v) is 31.3. The van der Waals surface area contributed by atoms with Gasteiger partial charge >= 0.3 is 0 Å². The lowest BCUT2D eigenvalue weighted by molar-refractivity contribution is 0.423. The maximum absolute atomic E-state index is 13.1. The molecule has 0 fully saturated rings. The Balaban J connectivity index is 2.41.